The summed E-state index contributed by atoms with van der Waals surface area (Å²) < 4.78 is 5.52. The third-order valence-corrected chi connectivity index (χ3v) is 7.23. The number of ether oxygens (including phenoxy) is 1. The fourth-order valence-electron chi connectivity index (χ4n) is 4.12. The molecule has 2 heterocycles. The van der Waals surface area contributed by atoms with Gasteiger partial charge in [0.2, 0.25) is 0 Å². The Morgan fingerprint density at radius 3 is 2.61 bits per heavy atom. The number of hydrogen-bond donors (Lipinski definition) is 1. The molecule has 6 heteroatoms. The summed E-state index contributed by atoms with van der Waals surface area (Å²) in [5.41, 5.74) is 2.03. The van der Waals surface area contributed by atoms with Crippen LogP contribution in [0.4, 0.5) is 5.69 Å². The predicted molar refractivity (Wildman–Crippen MR) is 119 cm³/mol. The van der Waals surface area contributed by atoms with E-state index >= 15 is 0 Å². The average Bonchev–Trinajstić information content (AvgIpc) is 3.24. The maximum Gasteiger partial charge on any atom is 0.251 e. The van der Waals surface area contributed by atoms with Crippen molar-refractivity contribution in [3.8, 4) is 0 Å². The first kappa shape index (κ1) is 21.5. The van der Waals surface area contributed by atoms with Crippen molar-refractivity contribution in [1.82, 2.24) is 10.2 Å². The molecule has 1 aromatic rings. The number of benzene rings is 1. The van der Waals surface area contributed by atoms with Gasteiger partial charge in [-0.15, -0.1) is 0 Å². The van der Waals surface area contributed by atoms with Gasteiger partial charge in [0.15, 0.2) is 0 Å². The number of hydrogen-bond acceptors (Lipinski definition) is 5. The van der Waals surface area contributed by atoms with Crippen LogP contribution in [-0.2, 0) is 4.74 Å². The monoisotopic (exact) mass is 405 g/mol. The number of amides is 1. The largest absolute Gasteiger partial charge is 0.379 e. The first-order chi connectivity index (χ1) is 13.7. The summed E-state index contributed by atoms with van der Waals surface area (Å²) in [6.07, 6.45) is 3.53. The summed E-state index contributed by atoms with van der Waals surface area (Å²) in [5.74, 6) is 2.30. The molecule has 156 valence electrons. The van der Waals surface area contributed by atoms with Crippen LogP contribution in [0.15, 0.2) is 24.3 Å². The number of morpholine rings is 1. The Hall–Kier alpha value is -1.24. The van der Waals surface area contributed by atoms with Gasteiger partial charge in [-0.3, -0.25) is 9.69 Å². The molecule has 2 aliphatic heterocycles. The van der Waals surface area contributed by atoms with Crippen LogP contribution in [-0.4, -0.2) is 73.8 Å². The van der Waals surface area contributed by atoms with E-state index in [1.807, 2.05) is 23.9 Å². The third-order valence-electron chi connectivity index (χ3n) is 6.00. The van der Waals surface area contributed by atoms with Gasteiger partial charge in [-0.05, 0) is 49.8 Å². The number of unbranched alkanes of at least 4 members (excludes halogenated alkanes) is 1. The topological polar surface area (TPSA) is 44.8 Å². The Balaban J connectivity index is 1.59. The van der Waals surface area contributed by atoms with E-state index in [2.05, 4.69) is 41.1 Å². The minimum atomic E-state index is 0.0349. The molecule has 2 saturated heterocycles. The van der Waals surface area contributed by atoms with Crippen molar-refractivity contribution < 1.29 is 9.53 Å². The van der Waals surface area contributed by atoms with Crippen LogP contribution in [0.25, 0.3) is 0 Å². The number of rotatable bonds is 9. The minimum absolute atomic E-state index is 0.0349. The minimum Gasteiger partial charge on any atom is -0.379 e. The number of anilines is 1. The Bertz CT molecular complexity index is 611. The highest BCUT2D eigenvalue weighted by atomic mass is 32.2. The maximum atomic E-state index is 12.8. The molecule has 28 heavy (non-hydrogen) atoms. The SMILES string of the molecule is CCCCN(CC)c1ccc(C(=O)NCC2(N3CCOCC3)CCSC2)cc1. The normalized spacial score (nSPS) is 22.9. The van der Waals surface area contributed by atoms with Crippen LogP contribution in [0.1, 0.15) is 43.5 Å². The third kappa shape index (κ3) is 5.22. The molecule has 1 amide bonds. The number of nitrogens with one attached hydrogen (secondary N) is 1. The van der Waals surface area contributed by atoms with Crippen LogP contribution in [0.5, 0.6) is 0 Å². The second kappa shape index (κ2) is 10.5. The smallest absolute Gasteiger partial charge is 0.251 e. The van der Waals surface area contributed by atoms with Crippen molar-refractivity contribution in [1.29, 1.82) is 0 Å². The van der Waals surface area contributed by atoms with Crippen LogP contribution >= 0.6 is 11.8 Å². The van der Waals surface area contributed by atoms with Gasteiger partial charge < -0.3 is 15.0 Å². The molecule has 0 saturated carbocycles. The first-order valence-corrected chi connectivity index (χ1v) is 11.9. The number of thioether (sulfide) groups is 1. The summed E-state index contributed by atoms with van der Waals surface area (Å²) in [7, 11) is 0. The quantitative estimate of drug-likeness (QED) is 0.683. The van der Waals surface area contributed by atoms with E-state index in [0.717, 1.165) is 63.7 Å². The molecule has 0 spiro atoms. The maximum absolute atomic E-state index is 12.8. The molecule has 5 nitrogen and oxygen atoms in total. The van der Waals surface area contributed by atoms with Crippen molar-refractivity contribution in [3.63, 3.8) is 0 Å². The fourth-order valence-corrected chi connectivity index (χ4v) is 5.60. The Labute approximate surface area is 174 Å². The molecule has 0 bridgehead atoms. The molecule has 0 aromatic heterocycles. The van der Waals surface area contributed by atoms with Gasteiger partial charge in [0.1, 0.15) is 0 Å². The summed E-state index contributed by atoms with van der Waals surface area (Å²) in [6.45, 7) is 10.7. The van der Waals surface area contributed by atoms with Gasteiger partial charge in [-0.25, -0.2) is 0 Å². The zero-order chi connectivity index (χ0) is 19.8. The molecule has 3 rings (SSSR count). The van der Waals surface area contributed by atoms with Gasteiger partial charge >= 0.3 is 0 Å². The van der Waals surface area contributed by atoms with E-state index in [-0.39, 0.29) is 11.4 Å². The molecule has 0 radical (unpaired) electrons. The summed E-state index contributed by atoms with van der Waals surface area (Å²) in [5, 5.41) is 3.23. The summed E-state index contributed by atoms with van der Waals surface area (Å²) in [6, 6.07) is 8.09. The van der Waals surface area contributed by atoms with Crippen LogP contribution < -0.4 is 10.2 Å². The number of carbonyl (C=O) groups is 1. The second-order valence-corrected chi connectivity index (χ2v) is 8.89. The Kier molecular flexibility index (Phi) is 8.06. The average molecular weight is 406 g/mol. The standard InChI is InChI=1S/C22H35N3O2S/c1-3-5-11-24(4-2)20-8-6-19(7-9-20)21(26)23-17-22(10-16-28-18-22)25-12-14-27-15-13-25/h6-9H,3-5,10-18H2,1-2H3,(H,23,26). The van der Waals surface area contributed by atoms with Gasteiger partial charge in [0.05, 0.1) is 13.2 Å². The lowest BCUT2D eigenvalue weighted by atomic mass is 9.95. The van der Waals surface area contributed by atoms with E-state index in [0.29, 0.717) is 0 Å². The Morgan fingerprint density at radius 1 is 1.25 bits per heavy atom. The van der Waals surface area contributed by atoms with E-state index in [4.69, 9.17) is 4.74 Å². The highest BCUT2D eigenvalue weighted by Crippen LogP contribution is 2.33. The zero-order valence-corrected chi connectivity index (χ0v) is 18.2. The second-order valence-electron chi connectivity index (χ2n) is 7.79. The molecule has 1 unspecified atom stereocenters. The summed E-state index contributed by atoms with van der Waals surface area (Å²) in [4.78, 5) is 17.7. The van der Waals surface area contributed by atoms with Crippen molar-refractivity contribution in [2.24, 2.45) is 0 Å². The predicted octanol–water partition coefficient (Wildman–Crippen LogP) is 3.25. The summed E-state index contributed by atoms with van der Waals surface area (Å²) >= 11 is 2.00. The van der Waals surface area contributed by atoms with Crippen LogP contribution in [0.2, 0.25) is 0 Å². The lowest BCUT2D eigenvalue weighted by molar-refractivity contribution is -0.0129. The van der Waals surface area contributed by atoms with Gasteiger partial charge in [-0.1, -0.05) is 13.3 Å². The van der Waals surface area contributed by atoms with E-state index in [1.165, 1.54) is 24.3 Å². The molecule has 2 fully saturated rings. The number of carbonyl (C=O) groups excluding carboxylic acids is 1. The molecule has 1 aromatic carbocycles. The molecular weight excluding hydrogens is 370 g/mol. The van der Waals surface area contributed by atoms with E-state index in [9.17, 15) is 4.79 Å². The zero-order valence-electron chi connectivity index (χ0n) is 17.4. The Morgan fingerprint density at radius 2 is 2.00 bits per heavy atom. The van der Waals surface area contributed by atoms with Crippen molar-refractivity contribution >= 4 is 23.4 Å². The van der Waals surface area contributed by atoms with E-state index in [1.54, 1.807) is 0 Å². The molecule has 1 atom stereocenters. The lowest BCUT2D eigenvalue weighted by Crippen LogP contribution is -2.59. The highest BCUT2D eigenvalue weighted by Gasteiger charge is 2.40. The first-order valence-electron chi connectivity index (χ1n) is 10.7. The van der Waals surface area contributed by atoms with Gasteiger partial charge in [0, 0.05) is 55.3 Å². The van der Waals surface area contributed by atoms with Crippen LogP contribution in [0, 0.1) is 0 Å². The highest BCUT2D eigenvalue weighted by molar-refractivity contribution is 7.99. The molecule has 0 aliphatic carbocycles. The molecule has 1 N–H and O–H groups in total. The van der Waals surface area contributed by atoms with E-state index < -0.39 is 0 Å². The van der Waals surface area contributed by atoms with Crippen LogP contribution in [0.3, 0.4) is 0 Å². The van der Waals surface area contributed by atoms with Gasteiger partial charge in [0.25, 0.3) is 5.91 Å². The molecular formula is C22H35N3O2S. The van der Waals surface area contributed by atoms with Crippen molar-refractivity contribution in [3.05, 3.63) is 29.8 Å². The van der Waals surface area contributed by atoms with Gasteiger partial charge in [-0.2, -0.15) is 11.8 Å². The molecule has 2 aliphatic rings. The number of nitrogens with zero attached hydrogens (tertiary/aromatic N) is 2. The van der Waals surface area contributed by atoms with Crippen molar-refractivity contribution in [2.45, 2.75) is 38.6 Å². The fraction of sp³-hybridized carbons (Fsp3) is 0.682. The lowest BCUT2D eigenvalue weighted by Gasteiger charge is -2.43. The van der Waals surface area contributed by atoms with Crippen molar-refractivity contribution in [2.75, 3.05) is 62.3 Å².